The van der Waals surface area contributed by atoms with E-state index in [1.54, 1.807) is 0 Å². The van der Waals surface area contributed by atoms with Crippen LogP contribution in [0, 0.1) is 10.8 Å². The van der Waals surface area contributed by atoms with Gasteiger partial charge in [-0.1, -0.05) is 32.8 Å². The Kier molecular flexibility index (Phi) is 2.21. The summed E-state index contributed by atoms with van der Waals surface area (Å²) in [6, 6.07) is 0. The fourth-order valence-electron chi connectivity index (χ4n) is 4.45. The summed E-state index contributed by atoms with van der Waals surface area (Å²) in [5, 5.41) is 0. The van der Waals surface area contributed by atoms with Crippen LogP contribution in [0.1, 0.15) is 59.3 Å². The summed E-state index contributed by atoms with van der Waals surface area (Å²) in [4.78, 5) is 12.4. The smallest absolute Gasteiger partial charge is 0.164 e. The number of Topliss-reactive ketones (excluding diaryl/α,β-unsaturated/α-hetero) is 1. The van der Waals surface area contributed by atoms with Gasteiger partial charge in [0.2, 0.25) is 0 Å². The van der Waals surface area contributed by atoms with E-state index in [1.807, 2.05) is 0 Å². The highest BCUT2D eigenvalue weighted by molar-refractivity contribution is 6.04. The maximum absolute atomic E-state index is 12.4. The van der Waals surface area contributed by atoms with Crippen LogP contribution in [0.3, 0.4) is 0 Å². The third-order valence-electron chi connectivity index (χ3n) is 5.11. The number of allylic oxidation sites excluding steroid dienone is 4. The standard InChI is InChI=1S/C16H22O/c1-11-6-9-15(2,3)14-13(11)12(17)10-16(14)7-4-5-8-16/h6H,4-5,7-10H2,1-3H3. The number of carbonyl (C=O) groups is 1. The number of fused-ring (bicyclic) bond motifs is 1. The van der Waals surface area contributed by atoms with E-state index in [0.717, 1.165) is 18.4 Å². The summed E-state index contributed by atoms with van der Waals surface area (Å²) in [5.74, 6) is 0.420. The minimum Gasteiger partial charge on any atom is -0.294 e. The Morgan fingerprint density at radius 3 is 2.47 bits per heavy atom. The zero-order chi connectivity index (χ0) is 12.3. The quantitative estimate of drug-likeness (QED) is 0.609. The molecule has 3 rings (SSSR count). The first kappa shape index (κ1) is 11.3. The van der Waals surface area contributed by atoms with E-state index in [2.05, 4.69) is 26.8 Å². The lowest BCUT2D eigenvalue weighted by atomic mass is 9.64. The van der Waals surface area contributed by atoms with Crippen LogP contribution in [0.25, 0.3) is 0 Å². The van der Waals surface area contributed by atoms with Gasteiger partial charge in [-0.2, -0.15) is 0 Å². The maximum Gasteiger partial charge on any atom is 0.164 e. The molecule has 0 radical (unpaired) electrons. The van der Waals surface area contributed by atoms with Crippen molar-refractivity contribution >= 4 is 5.78 Å². The molecule has 0 aliphatic heterocycles. The summed E-state index contributed by atoms with van der Waals surface area (Å²) < 4.78 is 0. The van der Waals surface area contributed by atoms with Crippen LogP contribution in [0.15, 0.2) is 22.8 Å². The van der Waals surface area contributed by atoms with Gasteiger partial charge in [0.15, 0.2) is 5.78 Å². The molecule has 3 aliphatic rings. The molecule has 1 saturated carbocycles. The summed E-state index contributed by atoms with van der Waals surface area (Å²) >= 11 is 0. The fraction of sp³-hybridized carbons (Fsp3) is 0.688. The number of rotatable bonds is 0. The van der Waals surface area contributed by atoms with E-state index in [4.69, 9.17) is 0 Å². The Morgan fingerprint density at radius 2 is 1.82 bits per heavy atom. The molecule has 1 nitrogen and oxygen atoms in total. The number of hydrogen-bond donors (Lipinski definition) is 0. The molecule has 0 N–H and O–H groups in total. The lowest BCUT2D eigenvalue weighted by molar-refractivity contribution is -0.115. The highest BCUT2D eigenvalue weighted by Crippen LogP contribution is 2.61. The summed E-state index contributed by atoms with van der Waals surface area (Å²) in [6.45, 7) is 6.77. The molecule has 0 atom stereocenters. The maximum atomic E-state index is 12.4. The Hall–Kier alpha value is -0.850. The van der Waals surface area contributed by atoms with Gasteiger partial charge in [-0.3, -0.25) is 4.79 Å². The predicted octanol–water partition coefficient (Wildman–Crippen LogP) is 4.19. The van der Waals surface area contributed by atoms with Gasteiger partial charge in [0.1, 0.15) is 0 Å². The van der Waals surface area contributed by atoms with Gasteiger partial charge in [-0.05, 0) is 42.7 Å². The first-order valence-electron chi connectivity index (χ1n) is 6.92. The van der Waals surface area contributed by atoms with Crippen LogP contribution in [0.5, 0.6) is 0 Å². The molecule has 0 unspecified atom stereocenters. The molecular formula is C16H22O. The molecule has 1 spiro atoms. The average Bonchev–Trinajstić information content (AvgIpc) is 2.81. The minimum absolute atomic E-state index is 0.200. The first-order valence-corrected chi connectivity index (χ1v) is 6.92. The molecular weight excluding hydrogens is 208 g/mol. The molecule has 1 fully saturated rings. The average molecular weight is 230 g/mol. The Morgan fingerprint density at radius 1 is 1.18 bits per heavy atom. The molecule has 0 saturated heterocycles. The number of carbonyl (C=O) groups excluding carboxylic acids is 1. The van der Waals surface area contributed by atoms with Gasteiger partial charge in [-0.25, -0.2) is 0 Å². The van der Waals surface area contributed by atoms with Crippen molar-refractivity contribution in [3.05, 3.63) is 22.8 Å². The van der Waals surface area contributed by atoms with Gasteiger partial charge < -0.3 is 0 Å². The van der Waals surface area contributed by atoms with Crippen LogP contribution in [-0.2, 0) is 4.79 Å². The molecule has 1 heteroatoms. The minimum atomic E-state index is 0.200. The third kappa shape index (κ3) is 1.41. The zero-order valence-corrected chi connectivity index (χ0v) is 11.2. The van der Waals surface area contributed by atoms with Crippen molar-refractivity contribution < 1.29 is 4.79 Å². The molecule has 0 aromatic rings. The molecule has 0 bridgehead atoms. The first-order chi connectivity index (χ1) is 7.96. The molecule has 17 heavy (non-hydrogen) atoms. The van der Waals surface area contributed by atoms with Gasteiger partial charge in [0, 0.05) is 17.4 Å². The van der Waals surface area contributed by atoms with E-state index < -0.39 is 0 Å². The van der Waals surface area contributed by atoms with E-state index in [0.29, 0.717) is 5.78 Å². The lowest BCUT2D eigenvalue weighted by Crippen LogP contribution is -2.29. The van der Waals surface area contributed by atoms with E-state index in [9.17, 15) is 4.79 Å². The monoisotopic (exact) mass is 230 g/mol. The van der Waals surface area contributed by atoms with Crippen molar-refractivity contribution in [1.29, 1.82) is 0 Å². The van der Waals surface area contributed by atoms with E-state index in [-0.39, 0.29) is 10.8 Å². The second-order valence-corrected chi connectivity index (χ2v) is 6.81. The van der Waals surface area contributed by atoms with Crippen molar-refractivity contribution in [2.45, 2.75) is 59.3 Å². The topological polar surface area (TPSA) is 17.1 Å². The van der Waals surface area contributed by atoms with Crippen LogP contribution < -0.4 is 0 Å². The summed E-state index contributed by atoms with van der Waals surface area (Å²) in [7, 11) is 0. The summed E-state index contributed by atoms with van der Waals surface area (Å²) in [5.41, 5.74) is 4.33. The normalized spacial score (nSPS) is 29.8. The van der Waals surface area contributed by atoms with Gasteiger partial charge in [0.25, 0.3) is 0 Å². The highest BCUT2D eigenvalue weighted by Gasteiger charge is 2.52. The number of hydrogen-bond acceptors (Lipinski definition) is 1. The zero-order valence-electron chi connectivity index (χ0n) is 11.2. The highest BCUT2D eigenvalue weighted by atomic mass is 16.1. The van der Waals surface area contributed by atoms with Gasteiger partial charge in [-0.15, -0.1) is 0 Å². The van der Waals surface area contributed by atoms with Crippen LogP contribution in [0.4, 0.5) is 0 Å². The molecule has 3 aliphatic carbocycles. The number of ketones is 1. The second-order valence-electron chi connectivity index (χ2n) is 6.81. The molecule has 0 amide bonds. The molecule has 92 valence electrons. The largest absolute Gasteiger partial charge is 0.294 e. The van der Waals surface area contributed by atoms with Gasteiger partial charge in [0.05, 0.1) is 0 Å². The Balaban J connectivity index is 2.20. The summed E-state index contributed by atoms with van der Waals surface area (Å²) in [6.07, 6.45) is 9.28. The van der Waals surface area contributed by atoms with Crippen molar-refractivity contribution in [1.82, 2.24) is 0 Å². The van der Waals surface area contributed by atoms with Crippen molar-refractivity contribution in [2.24, 2.45) is 10.8 Å². The van der Waals surface area contributed by atoms with Crippen LogP contribution in [0.2, 0.25) is 0 Å². The fourth-order valence-corrected chi connectivity index (χ4v) is 4.45. The third-order valence-corrected chi connectivity index (χ3v) is 5.11. The van der Waals surface area contributed by atoms with Crippen molar-refractivity contribution in [3.8, 4) is 0 Å². The second kappa shape index (κ2) is 3.34. The Bertz CT molecular complexity index is 442. The Labute approximate surface area is 104 Å². The van der Waals surface area contributed by atoms with Gasteiger partial charge >= 0.3 is 0 Å². The predicted molar refractivity (Wildman–Crippen MR) is 69.7 cm³/mol. The molecule has 0 aromatic carbocycles. The molecule has 0 aromatic heterocycles. The van der Waals surface area contributed by atoms with Crippen molar-refractivity contribution in [3.63, 3.8) is 0 Å². The van der Waals surface area contributed by atoms with Crippen LogP contribution in [-0.4, -0.2) is 5.78 Å². The SMILES string of the molecule is CC1=CCC(C)(C)C2=C1C(=O)CC21CCCC1. The lowest BCUT2D eigenvalue weighted by Gasteiger charge is -2.39. The van der Waals surface area contributed by atoms with Crippen molar-refractivity contribution in [2.75, 3.05) is 0 Å². The van der Waals surface area contributed by atoms with E-state index >= 15 is 0 Å². The van der Waals surface area contributed by atoms with Crippen LogP contribution >= 0.6 is 0 Å². The van der Waals surface area contributed by atoms with E-state index in [1.165, 1.54) is 36.8 Å². The molecule has 0 heterocycles.